The Morgan fingerprint density at radius 3 is 2.46 bits per heavy atom. The zero-order valence-corrected chi connectivity index (χ0v) is 20.0. The largest absolute Gasteiger partial charge is 0.573 e. The minimum absolute atomic E-state index is 0.0843. The van der Waals surface area contributed by atoms with Crippen molar-refractivity contribution in [1.29, 1.82) is 0 Å². The van der Waals surface area contributed by atoms with E-state index in [1.807, 2.05) is 19.1 Å². The molecule has 7 nitrogen and oxygen atoms in total. The van der Waals surface area contributed by atoms with Crippen molar-refractivity contribution in [1.82, 2.24) is 9.63 Å². The molecule has 4 rings (SSSR count). The molecule has 2 fully saturated rings. The lowest BCUT2D eigenvalue weighted by Gasteiger charge is -2.32. The molecule has 0 saturated carbocycles. The van der Waals surface area contributed by atoms with Gasteiger partial charge in [-0.25, -0.2) is 0 Å². The Kier molecular flexibility index (Phi) is 7.28. The highest BCUT2D eigenvalue weighted by Crippen LogP contribution is 2.24. The number of piperidine rings is 1. The predicted molar refractivity (Wildman–Crippen MR) is 124 cm³/mol. The summed E-state index contributed by atoms with van der Waals surface area (Å²) in [6.45, 7) is 7.02. The van der Waals surface area contributed by atoms with Gasteiger partial charge in [0.1, 0.15) is 5.75 Å². The number of aromatic nitrogens is 1. The summed E-state index contributed by atoms with van der Waals surface area (Å²) in [4.78, 5) is 21.5. The number of hydrogen-bond acceptors (Lipinski definition) is 5. The van der Waals surface area contributed by atoms with Crippen LogP contribution in [0.2, 0.25) is 0 Å². The van der Waals surface area contributed by atoms with E-state index in [0.29, 0.717) is 36.3 Å². The maximum Gasteiger partial charge on any atom is 0.573 e. The van der Waals surface area contributed by atoms with Gasteiger partial charge >= 0.3 is 6.36 Å². The molecule has 0 radical (unpaired) electrons. The summed E-state index contributed by atoms with van der Waals surface area (Å²) in [6, 6.07) is 9.05. The lowest BCUT2D eigenvalue weighted by Crippen LogP contribution is -2.35. The second-order valence-electron chi connectivity index (χ2n) is 9.47. The minimum Gasteiger partial charge on any atom is -0.427 e. The highest BCUT2D eigenvalue weighted by atomic mass is 19.4. The standard InChI is InChI=1S/C25H31F3N4O3/c1-17-7-10-30(11-8-17)21-13-18(2)32(34)23(15-21)29-20-9-12-31(16-20)24(33)14-19-3-5-22(6-4-19)35-25(26,27)28/h3-6,13,15,17,20,34H,7-12,14,16H2,1-2H3/t20-/m0/s1. The molecule has 1 amide bonds. The van der Waals surface area contributed by atoms with E-state index in [1.54, 1.807) is 4.90 Å². The molecule has 190 valence electrons. The van der Waals surface area contributed by atoms with Crippen LogP contribution in [0.1, 0.15) is 37.4 Å². The van der Waals surface area contributed by atoms with E-state index in [2.05, 4.69) is 16.6 Å². The fourth-order valence-electron chi connectivity index (χ4n) is 4.59. The molecule has 2 saturated heterocycles. The molecule has 0 unspecified atom stereocenters. The van der Waals surface area contributed by atoms with Gasteiger partial charge in [0.05, 0.1) is 18.2 Å². The number of likely N-dealkylation sites (tertiary alicyclic amines) is 1. The topological polar surface area (TPSA) is 70.3 Å². The average molecular weight is 493 g/mol. The smallest absolute Gasteiger partial charge is 0.427 e. The van der Waals surface area contributed by atoms with Crippen molar-refractivity contribution in [3.05, 3.63) is 53.1 Å². The zero-order chi connectivity index (χ0) is 25.2. The van der Waals surface area contributed by atoms with E-state index < -0.39 is 6.36 Å². The van der Waals surface area contributed by atoms with Gasteiger partial charge in [0.15, 0.2) is 5.49 Å². The Balaban J connectivity index is 1.40. The number of ether oxygens (including phenoxy) is 1. The molecule has 0 aliphatic carbocycles. The summed E-state index contributed by atoms with van der Waals surface area (Å²) in [5, 5.41) is 10.5. The number of rotatable bonds is 5. The number of anilines is 1. The van der Waals surface area contributed by atoms with Gasteiger partial charge in [-0.05, 0) is 55.9 Å². The van der Waals surface area contributed by atoms with Crippen LogP contribution in [0.5, 0.6) is 5.75 Å². The number of carbonyl (C=O) groups is 1. The van der Waals surface area contributed by atoms with Crippen molar-refractivity contribution in [2.75, 3.05) is 31.1 Å². The second-order valence-corrected chi connectivity index (χ2v) is 9.47. The quantitative estimate of drug-likeness (QED) is 0.643. The molecule has 1 aromatic carbocycles. The van der Waals surface area contributed by atoms with E-state index >= 15 is 0 Å². The van der Waals surface area contributed by atoms with Crippen LogP contribution in [0.3, 0.4) is 0 Å². The maximum atomic E-state index is 12.7. The fraction of sp³-hybridized carbons (Fsp3) is 0.520. The number of nitrogens with zero attached hydrogens (tertiary/aromatic N) is 4. The first kappa shape index (κ1) is 24.9. The summed E-state index contributed by atoms with van der Waals surface area (Å²) in [5.41, 5.74) is 2.82. The van der Waals surface area contributed by atoms with E-state index in [4.69, 9.17) is 4.99 Å². The molecule has 1 atom stereocenters. The SMILES string of the molecule is Cc1cc(N2CCC(C)CC2)cc(=N[C@H]2CCN(C(=O)Cc3ccc(OC(F)(F)F)cc3)C2)n1O. The third-order valence-electron chi connectivity index (χ3n) is 6.68. The number of hydrogen-bond donors (Lipinski definition) is 1. The van der Waals surface area contributed by atoms with Gasteiger partial charge in [-0.15, -0.1) is 13.2 Å². The molecule has 2 aliphatic heterocycles. The predicted octanol–water partition coefficient (Wildman–Crippen LogP) is 3.91. The number of pyridine rings is 1. The summed E-state index contributed by atoms with van der Waals surface area (Å²) in [7, 11) is 0. The molecule has 2 aromatic rings. The lowest BCUT2D eigenvalue weighted by molar-refractivity contribution is -0.274. The molecular weight excluding hydrogens is 461 g/mol. The summed E-state index contributed by atoms with van der Waals surface area (Å²) in [5.74, 6) is 0.287. The molecule has 10 heteroatoms. The Bertz CT molecular complexity index is 1110. The van der Waals surface area contributed by atoms with Crippen molar-refractivity contribution < 1.29 is 27.9 Å². The zero-order valence-electron chi connectivity index (χ0n) is 20.0. The van der Waals surface area contributed by atoms with Gasteiger partial charge in [-0.1, -0.05) is 19.1 Å². The summed E-state index contributed by atoms with van der Waals surface area (Å²) < 4.78 is 41.9. The first-order valence-corrected chi connectivity index (χ1v) is 11.9. The van der Waals surface area contributed by atoms with Crippen molar-refractivity contribution in [2.24, 2.45) is 10.9 Å². The Labute approximate surface area is 202 Å². The number of halogens is 3. The highest BCUT2D eigenvalue weighted by Gasteiger charge is 2.31. The molecule has 1 aromatic heterocycles. The summed E-state index contributed by atoms with van der Waals surface area (Å²) in [6.07, 6.45) is -1.72. The Morgan fingerprint density at radius 1 is 1.11 bits per heavy atom. The molecule has 1 N–H and O–H groups in total. The van der Waals surface area contributed by atoms with E-state index in [-0.39, 0.29) is 24.1 Å². The van der Waals surface area contributed by atoms with Crippen LogP contribution in [0.25, 0.3) is 0 Å². The van der Waals surface area contributed by atoms with Gasteiger partial charge in [-0.3, -0.25) is 9.79 Å². The third kappa shape index (κ3) is 6.49. The van der Waals surface area contributed by atoms with Crippen LogP contribution in [0.4, 0.5) is 18.9 Å². The highest BCUT2D eigenvalue weighted by molar-refractivity contribution is 5.79. The van der Waals surface area contributed by atoms with Crippen molar-refractivity contribution in [3.63, 3.8) is 0 Å². The first-order valence-electron chi connectivity index (χ1n) is 11.9. The maximum absolute atomic E-state index is 12.7. The van der Waals surface area contributed by atoms with Crippen LogP contribution in [0.15, 0.2) is 41.4 Å². The van der Waals surface area contributed by atoms with Crippen LogP contribution in [-0.2, 0) is 11.2 Å². The number of carbonyl (C=O) groups excluding carboxylic acids is 1. The van der Waals surface area contributed by atoms with Crippen molar-refractivity contribution in [3.8, 4) is 5.75 Å². The normalized spacial score (nSPS) is 19.9. The van der Waals surface area contributed by atoms with Crippen LogP contribution in [0, 0.1) is 12.8 Å². The minimum atomic E-state index is -4.75. The van der Waals surface area contributed by atoms with Crippen LogP contribution >= 0.6 is 0 Å². The monoisotopic (exact) mass is 492 g/mol. The number of aryl methyl sites for hydroxylation is 1. The molecule has 3 heterocycles. The third-order valence-corrected chi connectivity index (χ3v) is 6.68. The molecular formula is C25H31F3N4O3. The van der Waals surface area contributed by atoms with E-state index in [9.17, 15) is 23.2 Å². The molecule has 0 spiro atoms. The molecule has 35 heavy (non-hydrogen) atoms. The Morgan fingerprint density at radius 2 is 1.80 bits per heavy atom. The van der Waals surface area contributed by atoms with Crippen LogP contribution in [-0.4, -0.2) is 59.3 Å². The van der Waals surface area contributed by atoms with Crippen molar-refractivity contribution in [2.45, 2.75) is 51.9 Å². The molecule has 2 aliphatic rings. The van der Waals surface area contributed by atoms with Gasteiger partial charge in [0.25, 0.3) is 0 Å². The Hall–Kier alpha value is -3.17. The first-order chi connectivity index (χ1) is 16.6. The number of benzene rings is 1. The van der Waals surface area contributed by atoms with Gasteiger partial charge in [0, 0.05) is 37.9 Å². The van der Waals surface area contributed by atoms with Crippen molar-refractivity contribution >= 4 is 11.6 Å². The number of alkyl halides is 3. The summed E-state index contributed by atoms with van der Waals surface area (Å²) >= 11 is 0. The van der Waals surface area contributed by atoms with Gasteiger partial charge in [-0.2, -0.15) is 4.73 Å². The lowest BCUT2D eigenvalue weighted by atomic mass is 9.99. The average Bonchev–Trinajstić information content (AvgIpc) is 3.26. The van der Waals surface area contributed by atoms with Crippen LogP contribution < -0.4 is 15.1 Å². The molecule has 0 bridgehead atoms. The fourth-order valence-corrected chi connectivity index (χ4v) is 4.59. The van der Waals surface area contributed by atoms with Gasteiger partial charge < -0.3 is 19.7 Å². The number of amides is 1. The van der Waals surface area contributed by atoms with Gasteiger partial charge in [0.2, 0.25) is 5.91 Å². The van der Waals surface area contributed by atoms with E-state index in [0.717, 1.165) is 42.3 Å². The van der Waals surface area contributed by atoms with E-state index in [1.165, 1.54) is 24.3 Å². The second kappa shape index (κ2) is 10.2.